The molecule has 2 rings (SSSR count). The van der Waals surface area contributed by atoms with Gasteiger partial charge in [0.1, 0.15) is 5.60 Å². The van der Waals surface area contributed by atoms with E-state index in [-0.39, 0.29) is 6.10 Å². The van der Waals surface area contributed by atoms with E-state index in [1.807, 2.05) is 19.1 Å². The molecule has 0 saturated carbocycles. The number of hydrogen-bond acceptors (Lipinski definition) is 2. The lowest BCUT2D eigenvalue weighted by Crippen LogP contribution is -2.45. The highest BCUT2D eigenvalue weighted by atomic mass is 16.5. The van der Waals surface area contributed by atoms with Crippen LogP contribution in [0.5, 0.6) is 0 Å². The van der Waals surface area contributed by atoms with Gasteiger partial charge in [0.05, 0.1) is 12.7 Å². The summed E-state index contributed by atoms with van der Waals surface area (Å²) < 4.78 is 5.72. The maximum absolute atomic E-state index is 10.3. The predicted molar refractivity (Wildman–Crippen MR) is 64.2 cm³/mol. The van der Waals surface area contributed by atoms with Crippen LogP contribution in [0.2, 0.25) is 0 Å². The Balaban J connectivity index is 2.23. The largest absolute Gasteiger partial charge is 0.383 e. The van der Waals surface area contributed by atoms with Gasteiger partial charge in [0, 0.05) is 6.42 Å². The first kappa shape index (κ1) is 11.4. The molecule has 0 unspecified atom stereocenters. The molecular formula is C14H18O2. The van der Waals surface area contributed by atoms with Crippen LogP contribution >= 0.6 is 0 Å². The van der Waals surface area contributed by atoms with E-state index >= 15 is 0 Å². The second kappa shape index (κ2) is 4.04. The van der Waals surface area contributed by atoms with Crippen molar-refractivity contribution in [2.75, 3.05) is 0 Å². The van der Waals surface area contributed by atoms with Crippen molar-refractivity contribution in [2.24, 2.45) is 0 Å². The summed E-state index contributed by atoms with van der Waals surface area (Å²) in [4.78, 5) is 0. The molecule has 0 radical (unpaired) electrons. The molecule has 1 heterocycles. The zero-order chi connectivity index (χ0) is 11.8. The summed E-state index contributed by atoms with van der Waals surface area (Å²) in [6, 6.07) is 8.20. The van der Waals surface area contributed by atoms with E-state index in [1.165, 1.54) is 11.1 Å². The average molecular weight is 218 g/mol. The molecule has 86 valence electrons. The Kier molecular flexibility index (Phi) is 2.87. The van der Waals surface area contributed by atoms with E-state index in [0.717, 1.165) is 12.0 Å². The van der Waals surface area contributed by atoms with Gasteiger partial charge in [-0.05, 0) is 30.5 Å². The second-order valence-corrected chi connectivity index (χ2v) is 4.70. The maximum Gasteiger partial charge on any atom is 0.109 e. The lowest BCUT2D eigenvalue weighted by Gasteiger charge is -2.36. The fourth-order valence-corrected chi connectivity index (χ4v) is 1.98. The fourth-order valence-electron chi connectivity index (χ4n) is 1.98. The van der Waals surface area contributed by atoms with Gasteiger partial charge in [-0.3, -0.25) is 0 Å². The Morgan fingerprint density at radius 3 is 2.69 bits per heavy atom. The zero-order valence-electron chi connectivity index (χ0n) is 9.86. The van der Waals surface area contributed by atoms with E-state index < -0.39 is 5.60 Å². The van der Waals surface area contributed by atoms with Crippen LogP contribution in [0.3, 0.4) is 0 Å². The minimum absolute atomic E-state index is 0.195. The monoisotopic (exact) mass is 218 g/mol. The average Bonchev–Trinajstić information content (AvgIpc) is 2.28. The van der Waals surface area contributed by atoms with Crippen molar-refractivity contribution >= 4 is 0 Å². The second-order valence-electron chi connectivity index (χ2n) is 4.70. The number of fused-ring (bicyclic) bond motifs is 1. The Morgan fingerprint density at radius 1 is 1.44 bits per heavy atom. The highest BCUT2D eigenvalue weighted by molar-refractivity contribution is 5.30. The highest BCUT2D eigenvalue weighted by Crippen LogP contribution is 2.30. The fraction of sp³-hybridized carbons (Fsp3) is 0.429. The van der Waals surface area contributed by atoms with Gasteiger partial charge in [0.2, 0.25) is 0 Å². The number of aliphatic hydroxyl groups is 1. The molecule has 1 aromatic carbocycles. The molecule has 2 atom stereocenters. The molecule has 0 amide bonds. The molecule has 2 heteroatoms. The summed E-state index contributed by atoms with van der Waals surface area (Å²) >= 11 is 0. The molecular weight excluding hydrogens is 200 g/mol. The molecule has 16 heavy (non-hydrogen) atoms. The minimum atomic E-state index is -0.951. The molecule has 0 spiro atoms. The smallest absolute Gasteiger partial charge is 0.109 e. The van der Waals surface area contributed by atoms with Gasteiger partial charge in [-0.2, -0.15) is 0 Å². The Hall–Kier alpha value is -1.12. The van der Waals surface area contributed by atoms with E-state index in [9.17, 15) is 5.11 Å². The van der Waals surface area contributed by atoms with Crippen LogP contribution in [0.15, 0.2) is 36.4 Å². The summed E-state index contributed by atoms with van der Waals surface area (Å²) in [5.41, 5.74) is 2.28. The Bertz CT molecular complexity index is 407. The van der Waals surface area contributed by atoms with Crippen LogP contribution in [0, 0.1) is 0 Å². The van der Waals surface area contributed by atoms with Crippen LogP contribution in [-0.4, -0.2) is 16.8 Å². The van der Waals surface area contributed by atoms with Crippen molar-refractivity contribution in [2.45, 2.75) is 38.6 Å². The summed E-state index contributed by atoms with van der Waals surface area (Å²) in [6.45, 7) is 8.01. The van der Waals surface area contributed by atoms with Crippen LogP contribution in [0.4, 0.5) is 0 Å². The third kappa shape index (κ3) is 1.91. The van der Waals surface area contributed by atoms with E-state index in [4.69, 9.17) is 4.74 Å². The van der Waals surface area contributed by atoms with Crippen LogP contribution in [0.1, 0.15) is 25.0 Å². The zero-order valence-corrected chi connectivity index (χ0v) is 9.86. The first-order valence-electron chi connectivity index (χ1n) is 5.58. The lowest BCUT2D eigenvalue weighted by atomic mass is 9.85. The topological polar surface area (TPSA) is 29.5 Å². The van der Waals surface area contributed by atoms with Gasteiger partial charge >= 0.3 is 0 Å². The summed E-state index contributed by atoms with van der Waals surface area (Å²) in [5.74, 6) is 0. The number of benzene rings is 1. The number of rotatable bonds is 2. The Labute approximate surface area is 96.6 Å². The molecule has 0 saturated heterocycles. The molecule has 1 aromatic rings. The number of hydrogen-bond donors (Lipinski definition) is 1. The molecule has 1 N–H and O–H groups in total. The first-order chi connectivity index (χ1) is 7.51. The quantitative estimate of drug-likeness (QED) is 0.773. The molecule has 2 nitrogen and oxygen atoms in total. The maximum atomic E-state index is 10.3. The van der Waals surface area contributed by atoms with Crippen molar-refractivity contribution in [3.63, 3.8) is 0 Å². The molecule has 0 aromatic heterocycles. The first-order valence-corrected chi connectivity index (χ1v) is 5.58. The molecule has 1 aliphatic heterocycles. The standard InChI is InChI=1S/C14H18O2/c1-10(2)14(3,15)13-8-11-6-4-5-7-12(11)9-16-13/h4-7,13,15H,1,8-9H2,2-3H3/t13-,14-/m1/s1. The highest BCUT2D eigenvalue weighted by Gasteiger charge is 2.36. The van der Waals surface area contributed by atoms with Gasteiger partial charge < -0.3 is 9.84 Å². The summed E-state index contributed by atoms with van der Waals surface area (Å²) in [6.07, 6.45) is 0.552. The van der Waals surface area contributed by atoms with Crippen LogP contribution < -0.4 is 0 Å². The summed E-state index contributed by atoms with van der Waals surface area (Å²) in [5, 5.41) is 10.3. The summed E-state index contributed by atoms with van der Waals surface area (Å²) in [7, 11) is 0. The van der Waals surface area contributed by atoms with Crippen molar-refractivity contribution in [1.29, 1.82) is 0 Å². The lowest BCUT2D eigenvalue weighted by molar-refractivity contribution is -0.0907. The van der Waals surface area contributed by atoms with Crippen LogP contribution in [0.25, 0.3) is 0 Å². The van der Waals surface area contributed by atoms with Crippen molar-refractivity contribution < 1.29 is 9.84 Å². The van der Waals surface area contributed by atoms with Gasteiger partial charge in [0.15, 0.2) is 0 Å². The molecule has 1 aliphatic rings. The van der Waals surface area contributed by atoms with Gasteiger partial charge in [-0.1, -0.05) is 30.8 Å². The van der Waals surface area contributed by atoms with Crippen molar-refractivity contribution in [1.82, 2.24) is 0 Å². The van der Waals surface area contributed by atoms with Gasteiger partial charge in [-0.15, -0.1) is 0 Å². The molecule has 0 bridgehead atoms. The van der Waals surface area contributed by atoms with Gasteiger partial charge in [0.25, 0.3) is 0 Å². The number of ether oxygens (including phenoxy) is 1. The molecule has 0 aliphatic carbocycles. The Morgan fingerprint density at radius 2 is 2.06 bits per heavy atom. The predicted octanol–water partition coefficient (Wildman–Crippen LogP) is 2.46. The van der Waals surface area contributed by atoms with Crippen LogP contribution in [-0.2, 0) is 17.8 Å². The van der Waals surface area contributed by atoms with E-state index in [1.54, 1.807) is 6.92 Å². The third-order valence-electron chi connectivity index (χ3n) is 3.45. The van der Waals surface area contributed by atoms with E-state index in [2.05, 4.69) is 18.7 Å². The van der Waals surface area contributed by atoms with Crippen molar-refractivity contribution in [3.05, 3.63) is 47.5 Å². The SMILES string of the molecule is C=C(C)[C@@](C)(O)[C@H]1Cc2ccccc2CO1. The minimum Gasteiger partial charge on any atom is -0.383 e. The molecule has 0 fully saturated rings. The van der Waals surface area contributed by atoms with Gasteiger partial charge in [-0.25, -0.2) is 0 Å². The normalized spacial score (nSPS) is 23.3. The van der Waals surface area contributed by atoms with Crippen molar-refractivity contribution in [3.8, 4) is 0 Å². The van der Waals surface area contributed by atoms with E-state index in [0.29, 0.717) is 6.61 Å². The third-order valence-corrected chi connectivity index (χ3v) is 3.45.